The van der Waals surface area contributed by atoms with Gasteiger partial charge in [-0.3, -0.25) is 24.0 Å². The van der Waals surface area contributed by atoms with Gasteiger partial charge in [0.1, 0.15) is 17.5 Å². The van der Waals surface area contributed by atoms with Crippen molar-refractivity contribution in [3.8, 4) is 0 Å². The minimum atomic E-state index is -0.854. The molecule has 0 N–H and O–H groups in total. The van der Waals surface area contributed by atoms with Crippen molar-refractivity contribution in [1.29, 1.82) is 0 Å². The SMILES string of the molecule is O=C(c1ccc2c(=O)n3c(nc2c1)CCCCCC3)N(Cc1ccccn1)c1ccc(F)cc1F. The molecule has 0 spiro atoms. The summed E-state index contributed by atoms with van der Waals surface area (Å²) in [6.45, 7) is 0.625. The summed E-state index contributed by atoms with van der Waals surface area (Å²) in [5.74, 6) is -1.37. The van der Waals surface area contributed by atoms with Crippen molar-refractivity contribution in [2.24, 2.45) is 0 Å². The third kappa shape index (κ3) is 4.69. The highest BCUT2D eigenvalue weighted by Crippen LogP contribution is 2.25. The minimum absolute atomic E-state index is 0.0134. The van der Waals surface area contributed by atoms with Crippen LogP contribution < -0.4 is 10.5 Å². The lowest BCUT2D eigenvalue weighted by atomic mass is 10.1. The van der Waals surface area contributed by atoms with Crippen LogP contribution in [0.2, 0.25) is 0 Å². The van der Waals surface area contributed by atoms with Gasteiger partial charge in [-0.2, -0.15) is 0 Å². The van der Waals surface area contributed by atoms with Gasteiger partial charge in [0.15, 0.2) is 0 Å². The number of nitrogens with zero attached hydrogens (tertiary/aromatic N) is 4. The number of hydrogen-bond donors (Lipinski definition) is 0. The standard InChI is InChI=1S/C27H24F2N4O2/c28-19-10-12-24(22(29)16-19)33(17-20-7-4-5-13-30-20)26(34)18-9-11-21-23(15-18)31-25-8-3-1-2-6-14-32(25)27(21)35/h4-5,7,9-13,15-16H,1-3,6,8,14,17H2. The largest absolute Gasteiger partial charge is 0.299 e. The molecule has 35 heavy (non-hydrogen) atoms. The Hall–Kier alpha value is -3.94. The van der Waals surface area contributed by atoms with Crippen LogP contribution in [0.1, 0.15) is 47.6 Å². The predicted molar refractivity (Wildman–Crippen MR) is 129 cm³/mol. The molecule has 5 rings (SSSR count). The van der Waals surface area contributed by atoms with Crippen LogP contribution in [0.4, 0.5) is 14.5 Å². The van der Waals surface area contributed by atoms with Crippen molar-refractivity contribution in [2.45, 2.75) is 45.2 Å². The monoisotopic (exact) mass is 474 g/mol. The van der Waals surface area contributed by atoms with E-state index in [0.717, 1.165) is 43.6 Å². The first kappa shape index (κ1) is 22.8. The van der Waals surface area contributed by atoms with Gasteiger partial charge in [-0.05, 0) is 55.3 Å². The van der Waals surface area contributed by atoms with Crippen LogP contribution in [0.5, 0.6) is 0 Å². The lowest BCUT2D eigenvalue weighted by Gasteiger charge is -2.23. The number of anilines is 1. The number of rotatable bonds is 4. The molecular formula is C27H24F2N4O2. The van der Waals surface area contributed by atoms with Crippen LogP contribution in [0.3, 0.4) is 0 Å². The van der Waals surface area contributed by atoms with Crippen molar-refractivity contribution in [1.82, 2.24) is 14.5 Å². The third-order valence-corrected chi connectivity index (χ3v) is 6.31. The van der Waals surface area contributed by atoms with Crippen LogP contribution >= 0.6 is 0 Å². The molecule has 0 bridgehead atoms. The zero-order valence-electron chi connectivity index (χ0n) is 19.1. The van der Waals surface area contributed by atoms with Gasteiger partial charge in [-0.15, -0.1) is 0 Å². The smallest absolute Gasteiger partial charge is 0.261 e. The lowest BCUT2D eigenvalue weighted by Crippen LogP contribution is -2.32. The molecule has 3 heterocycles. The average Bonchev–Trinajstić information content (AvgIpc) is 2.84. The van der Waals surface area contributed by atoms with Crippen molar-refractivity contribution < 1.29 is 13.6 Å². The first-order valence-corrected chi connectivity index (χ1v) is 11.7. The maximum atomic E-state index is 14.7. The highest BCUT2D eigenvalue weighted by molar-refractivity contribution is 6.07. The first-order valence-electron chi connectivity index (χ1n) is 11.7. The molecule has 178 valence electrons. The molecule has 1 aliphatic rings. The van der Waals surface area contributed by atoms with Crippen LogP contribution in [0, 0.1) is 11.6 Å². The Morgan fingerprint density at radius 2 is 1.86 bits per heavy atom. The molecule has 0 unspecified atom stereocenters. The fourth-order valence-electron chi connectivity index (χ4n) is 4.50. The van der Waals surface area contributed by atoms with E-state index in [9.17, 15) is 18.4 Å². The van der Waals surface area contributed by atoms with E-state index in [4.69, 9.17) is 4.98 Å². The molecule has 6 nitrogen and oxygen atoms in total. The summed E-state index contributed by atoms with van der Waals surface area (Å²) in [4.78, 5) is 36.9. The molecule has 0 fully saturated rings. The quantitative estimate of drug-likeness (QED) is 0.416. The second-order valence-corrected chi connectivity index (χ2v) is 8.69. The molecule has 1 aliphatic heterocycles. The Morgan fingerprint density at radius 3 is 2.66 bits per heavy atom. The van der Waals surface area contributed by atoms with Gasteiger partial charge in [0, 0.05) is 30.8 Å². The van der Waals surface area contributed by atoms with Crippen molar-refractivity contribution in [3.63, 3.8) is 0 Å². The van der Waals surface area contributed by atoms with E-state index in [1.54, 1.807) is 47.2 Å². The molecule has 1 amide bonds. The molecule has 0 radical (unpaired) electrons. The molecule has 2 aromatic heterocycles. The predicted octanol–water partition coefficient (Wildman–Crippen LogP) is 5.03. The molecule has 0 aliphatic carbocycles. The highest BCUT2D eigenvalue weighted by atomic mass is 19.1. The van der Waals surface area contributed by atoms with E-state index in [-0.39, 0.29) is 23.4 Å². The summed E-state index contributed by atoms with van der Waals surface area (Å²) in [7, 11) is 0. The number of benzene rings is 2. The van der Waals surface area contributed by atoms with Crippen LogP contribution in [-0.2, 0) is 19.5 Å². The van der Waals surface area contributed by atoms with E-state index in [0.29, 0.717) is 29.6 Å². The summed E-state index contributed by atoms with van der Waals surface area (Å²) >= 11 is 0. The van der Waals surface area contributed by atoms with Crippen molar-refractivity contribution >= 4 is 22.5 Å². The van der Waals surface area contributed by atoms with Gasteiger partial charge in [0.25, 0.3) is 11.5 Å². The van der Waals surface area contributed by atoms with Gasteiger partial charge in [-0.25, -0.2) is 13.8 Å². The third-order valence-electron chi connectivity index (χ3n) is 6.31. The number of fused-ring (bicyclic) bond motifs is 2. The fourth-order valence-corrected chi connectivity index (χ4v) is 4.50. The zero-order valence-corrected chi connectivity index (χ0v) is 19.1. The van der Waals surface area contributed by atoms with Gasteiger partial charge in [0.05, 0.1) is 28.8 Å². The van der Waals surface area contributed by atoms with Crippen LogP contribution in [-0.4, -0.2) is 20.4 Å². The number of carbonyl (C=O) groups is 1. The first-order chi connectivity index (χ1) is 17.0. The van der Waals surface area contributed by atoms with Crippen molar-refractivity contribution in [2.75, 3.05) is 4.90 Å². The number of amides is 1. The Labute approximate surface area is 200 Å². The maximum Gasteiger partial charge on any atom is 0.261 e. The molecule has 0 saturated carbocycles. The average molecular weight is 475 g/mol. The maximum absolute atomic E-state index is 14.7. The second-order valence-electron chi connectivity index (χ2n) is 8.69. The normalized spacial score (nSPS) is 13.7. The van der Waals surface area contributed by atoms with E-state index in [1.807, 2.05) is 0 Å². The van der Waals surface area contributed by atoms with E-state index < -0.39 is 17.5 Å². The van der Waals surface area contributed by atoms with Crippen molar-refractivity contribution in [3.05, 3.63) is 99.9 Å². The molecular weight excluding hydrogens is 450 g/mol. The number of aromatic nitrogens is 3. The number of pyridine rings is 1. The molecule has 4 aromatic rings. The van der Waals surface area contributed by atoms with Crippen LogP contribution in [0.15, 0.2) is 65.6 Å². The lowest BCUT2D eigenvalue weighted by molar-refractivity contribution is 0.0984. The molecule has 2 aromatic carbocycles. The van der Waals surface area contributed by atoms with E-state index in [2.05, 4.69) is 4.98 Å². The number of halogens is 2. The molecule has 0 atom stereocenters. The topological polar surface area (TPSA) is 68.1 Å². The second kappa shape index (κ2) is 9.74. The molecule has 0 saturated heterocycles. The Morgan fingerprint density at radius 1 is 1.00 bits per heavy atom. The molecule has 8 heteroatoms. The van der Waals surface area contributed by atoms with E-state index in [1.165, 1.54) is 11.0 Å². The summed E-state index contributed by atoms with van der Waals surface area (Å²) in [6, 6.07) is 13.1. The van der Waals surface area contributed by atoms with Gasteiger partial charge < -0.3 is 0 Å². The summed E-state index contributed by atoms with van der Waals surface area (Å²) in [6.07, 6.45) is 6.36. The number of carbonyl (C=O) groups excluding carboxylic acids is 1. The Kier molecular flexibility index (Phi) is 6.35. The highest BCUT2D eigenvalue weighted by Gasteiger charge is 2.23. The Balaban J connectivity index is 1.57. The zero-order chi connectivity index (χ0) is 24.4. The van der Waals surface area contributed by atoms with Gasteiger partial charge in [0.2, 0.25) is 0 Å². The van der Waals surface area contributed by atoms with Gasteiger partial charge in [-0.1, -0.05) is 18.9 Å². The Bertz CT molecular complexity index is 1450. The summed E-state index contributed by atoms with van der Waals surface area (Å²) < 4.78 is 30.0. The number of hydrogen-bond acceptors (Lipinski definition) is 4. The summed E-state index contributed by atoms with van der Waals surface area (Å²) in [5.41, 5.74) is 1.06. The minimum Gasteiger partial charge on any atom is -0.299 e. The fraction of sp³-hybridized carbons (Fsp3) is 0.259. The summed E-state index contributed by atoms with van der Waals surface area (Å²) in [5, 5.41) is 0.440. The van der Waals surface area contributed by atoms with Crippen LogP contribution in [0.25, 0.3) is 10.9 Å². The van der Waals surface area contributed by atoms with Gasteiger partial charge >= 0.3 is 0 Å². The van der Waals surface area contributed by atoms with E-state index >= 15 is 0 Å². The number of aryl methyl sites for hydroxylation is 1.